The molecule has 9 heteroatoms. The molecule has 3 aromatic rings. The Morgan fingerprint density at radius 2 is 1.53 bits per heavy atom. The summed E-state index contributed by atoms with van der Waals surface area (Å²) in [7, 11) is 0. The van der Waals surface area contributed by atoms with Crippen molar-refractivity contribution in [2.75, 3.05) is 18.0 Å². The van der Waals surface area contributed by atoms with E-state index in [0.29, 0.717) is 11.3 Å². The fourth-order valence-corrected chi connectivity index (χ4v) is 3.52. The monoisotopic (exact) mass is 425 g/mol. The Morgan fingerprint density at radius 1 is 0.900 bits per heavy atom. The van der Waals surface area contributed by atoms with Gasteiger partial charge in [-0.15, -0.1) is 0 Å². The van der Waals surface area contributed by atoms with Crippen molar-refractivity contribution >= 4 is 5.69 Å². The van der Waals surface area contributed by atoms with Crippen LogP contribution in [0.25, 0.3) is 22.5 Å². The molecule has 0 radical (unpaired) electrons. The molecule has 0 spiro atoms. The van der Waals surface area contributed by atoms with Crippen LogP contribution < -0.4 is 4.90 Å². The number of H-pyrrole nitrogens is 1. The quantitative estimate of drug-likeness (QED) is 0.512. The molecule has 2 heterocycles. The standard InChI is InChI=1S/C21H17F6N3/c22-15-4-1-13(2-5-15)17-12-18(29-28-17)14-3-6-19(16(11-14)21(25,26)27)30-9-7-20(23,24)8-10-30/h1-6,11-12H,7-10H2,(H,28,29). The minimum Gasteiger partial charge on any atom is -0.371 e. The van der Waals surface area contributed by atoms with Gasteiger partial charge in [-0.05, 0) is 48.0 Å². The Morgan fingerprint density at radius 3 is 2.17 bits per heavy atom. The summed E-state index contributed by atoms with van der Waals surface area (Å²) in [4.78, 5) is 1.35. The molecule has 0 bridgehead atoms. The van der Waals surface area contributed by atoms with E-state index in [9.17, 15) is 26.3 Å². The first-order valence-electron chi connectivity index (χ1n) is 9.28. The second-order valence-corrected chi connectivity index (χ2v) is 7.25. The molecule has 1 aliphatic heterocycles. The van der Waals surface area contributed by atoms with E-state index < -0.39 is 36.3 Å². The number of anilines is 1. The minimum atomic E-state index is -4.65. The highest BCUT2D eigenvalue weighted by Crippen LogP contribution is 2.41. The largest absolute Gasteiger partial charge is 0.418 e. The fraction of sp³-hybridized carbons (Fsp3) is 0.286. The van der Waals surface area contributed by atoms with Crippen molar-refractivity contribution in [2.45, 2.75) is 24.9 Å². The first-order valence-corrected chi connectivity index (χ1v) is 9.28. The average molecular weight is 425 g/mol. The maximum atomic E-state index is 13.7. The van der Waals surface area contributed by atoms with Crippen LogP contribution in [0.15, 0.2) is 48.5 Å². The van der Waals surface area contributed by atoms with Crippen molar-refractivity contribution in [3.05, 3.63) is 59.9 Å². The lowest BCUT2D eigenvalue weighted by Gasteiger charge is -2.34. The lowest BCUT2D eigenvalue weighted by Crippen LogP contribution is -2.40. The third-order valence-corrected chi connectivity index (χ3v) is 5.17. The fourth-order valence-electron chi connectivity index (χ4n) is 3.52. The Hall–Kier alpha value is -2.97. The predicted molar refractivity (Wildman–Crippen MR) is 101 cm³/mol. The Bertz CT molecular complexity index is 1030. The van der Waals surface area contributed by atoms with Gasteiger partial charge in [0.25, 0.3) is 5.92 Å². The van der Waals surface area contributed by atoms with E-state index in [1.54, 1.807) is 6.07 Å². The van der Waals surface area contributed by atoms with Gasteiger partial charge >= 0.3 is 6.18 Å². The molecule has 0 saturated carbocycles. The van der Waals surface area contributed by atoms with Crippen molar-refractivity contribution in [2.24, 2.45) is 0 Å². The van der Waals surface area contributed by atoms with Crippen LogP contribution in [0, 0.1) is 5.82 Å². The summed E-state index contributed by atoms with van der Waals surface area (Å²) in [6.45, 7) is -0.293. The molecule has 0 amide bonds. The first kappa shape index (κ1) is 20.3. The van der Waals surface area contributed by atoms with Gasteiger partial charge in [-0.25, -0.2) is 13.2 Å². The van der Waals surface area contributed by atoms with Crippen molar-refractivity contribution < 1.29 is 26.3 Å². The van der Waals surface area contributed by atoms with Crippen LogP contribution in [0.1, 0.15) is 18.4 Å². The number of rotatable bonds is 3. The molecule has 1 saturated heterocycles. The van der Waals surface area contributed by atoms with Gasteiger partial charge in [0.1, 0.15) is 5.82 Å². The van der Waals surface area contributed by atoms with Crippen LogP contribution in [-0.4, -0.2) is 29.2 Å². The van der Waals surface area contributed by atoms with Gasteiger partial charge in [0.2, 0.25) is 0 Å². The molecule has 0 aliphatic carbocycles. The molecule has 0 unspecified atom stereocenters. The lowest BCUT2D eigenvalue weighted by atomic mass is 10.0. The van der Waals surface area contributed by atoms with Crippen LogP contribution in [0.3, 0.4) is 0 Å². The van der Waals surface area contributed by atoms with Gasteiger partial charge < -0.3 is 4.90 Å². The van der Waals surface area contributed by atoms with E-state index in [-0.39, 0.29) is 30.0 Å². The molecule has 1 fully saturated rings. The normalized spacial score (nSPS) is 16.7. The van der Waals surface area contributed by atoms with Crippen LogP contribution in [0.4, 0.5) is 32.0 Å². The third kappa shape index (κ3) is 4.15. The maximum absolute atomic E-state index is 13.7. The minimum absolute atomic E-state index is 0.115. The molecule has 2 aromatic carbocycles. The first-order chi connectivity index (χ1) is 14.1. The lowest BCUT2D eigenvalue weighted by molar-refractivity contribution is -0.137. The number of alkyl halides is 5. The Kier molecular flexibility index (Phi) is 4.99. The van der Waals surface area contributed by atoms with E-state index in [0.717, 1.165) is 6.07 Å². The zero-order valence-electron chi connectivity index (χ0n) is 15.6. The highest BCUT2D eigenvalue weighted by Gasteiger charge is 2.39. The smallest absolute Gasteiger partial charge is 0.371 e. The van der Waals surface area contributed by atoms with E-state index in [1.165, 1.54) is 41.3 Å². The van der Waals surface area contributed by atoms with Gasteiger partial charge in [-0.1, -0.05) is 6.07 Å². The molecule has 1 aromatic heterocycles. The van der Waals surface area contributed by atoms with Crippen molar-refractivity contribution in [3.63, 3.8) is 0 Å². The van der Waals surface area contributed by atoms with Gasteiger partial charge in [0.05, 0.1) is 17.0 Å². The number of nitrogens with zero attached hydrogens (tertiary/aromatic N) is 2. The summed E-state index contributed by atoms with van der Waals surface area (Å²) in [5.74, 6) is -3.25. The highest BCUT2D eigenvalue weighted by atomic mass is 19.4. The zero-order valence-corrected chi connectivity index (χ0v) is 15.6. The number of halogens is 6. The molecule has 1 N–H and O–H groups in total. The van der Waals surface area contributed by atoms with Crippen molar-refractivity contribution in [1.82, 2.24) is 10.2 Å². The molecule has 30 heavy (non-hydrogen) atoms. The van der Waals surface area contributed by atoms with Gasteiger partial charge in [0.15, 0.2) is 0 Å². The molecule has 3 nitrogen and oxygen atoms in total. The summed E-state index contributed by atoms with van der Waals surface area (Å²) >= 11 is 0. The highest BCUT2D eigenvalue weighted by molar-refractivity contribution is 5.71. The summed E-state index contributed by atoms with van der Waals surface area (Å²) in [5.41, 5.74) is 0.681. The molecular formula is C21H17F6N3. The van der Waals surface area contributed by atoms with Crippen LogP contribution in [0.5, 0.6) is 0 Å². The van der Waals surface area contributed by atoms with Crippen LogP contribution in [-0.2, 0) is 6.18 Å². The zero-order chi connectivity index (χ0) is 21.5. The van der Waals surface area contributed by atoms with E-state index in [4.69, 9.17) is 0 Å². The second-order valence-electron chi connectivity index (χ2n) is 7.25. The molecule has 1 aliphatic rings. The number of nitrogens with one attached hydrogen (secondary N) is 1. The molecule has 0 atom stereocenters. The predicted octanol–water partition coefficient (Wildman–Crippen LogP) is 6.14. The number of hydrogen-bond donors (Lipinski definition) is 1. The van der Waals surface area contributed by atoms with Crippen LogP contribution in [0.2, 0.25) is 0 Å². The Balaban J connectivity index is 1.66. The molecular weight excluding hydrogens is 408 g/mol. The SMILES string of the molecule is Fc1ccc(-c2cc(-c3ccc(N4CCC(F)(F)CC4)c(C(F)(F)F)c3)n[nH]2)cc1. The molecule has 4 rings (SSSR count). The summed E-state index contributed by atoms with van der Waals surface area (Å²) in [5, 5.41) is 6.81. The molecule has 158 valence electrons. The maximum Gasteiger partial charge on any atom is 0.418 e. The third-order valence-electron chi connectivity index (χ3n) is 5.17. The van der Waals surface area contributed by atoms with Gasteiger partial charge in [-0.2, -0.15) is 18.3 Å². The number of benzene rings is 2. The Labute approximate surface area is 168 Å². The summed E-state index contributed by atoms with van der Waals surface area (Å²) in [6.07, 6.45) is -5.61. The van der Waals surface area contributed by atoms with Crippen molar-refractivity contribution in [1.29, 1.82) is 0 Å². The van der Waals surface area contributed by atoms with Crippen molar-refractivity contribution in [3.8, 4) is 22.5 Å². The summed E-state index contributed by atoms with van der Waals surface area (Å²) in [6, 6.07) is 10.9. The number of piperidine rings is 1. The van der Waals surface area contributed by atoms with E-state index >= 15 is 0 Å². The number of hydrogen-bond acceptors (Lipinski definition) is 2. The van der Waals surface area contributed by atoms with E-state index in [2.05, 4.69) is 10.2 Å². The van der Waals surface area contributed by atoms with E-state index in [1.807, 2.05) is 0 Å². The topological polar surface area (TPSA) is 31.9 Å². The summed E-state index contributed by atoms with van der Waals surface area (Å²) < 4.78 is 81.0. The van der Waals surface area contributed by atoms with Gasteiger partial charge in [-0.3, -0.25) is 5.10 Å². The number of aromatic amines is 1. The number of aromatic nitrogens is 2. The van der Waals surface area contributed by atoms with Gasteiger partial charge in [0, 0.05) is 37.2 Å². The second kappa shape index (κ2) is 7.37. The average Bonchev–Trinajstić information content (AvgIpc) is 3.18. The van der Waals surface area contributed by atoms with Crippen LogP contribution >= 0.6 is 0 Å².